The molecular formula is C18H32BNO4. The van der Waals surface area contributed by atoms with Gasteiger partial charge in [0.2, 0.25) is 0 Å². The number of ether oxygens (including phenoxy) is 1. The van der Waals surface area contributed by atoms with Crippen LogP contribution >= 0.6 is 0 Å². The Morgan fingerprint density at radius 2 is 1.79 bits per heavy atom. The predicted molar refractivity (Wildman–Crippen MR) is 95.8 cm³/mol. The molecule has 0 aromatic rings. The molecule has 2 aliphatic rings. The van der Waals surface area contributed by atoms with E-state index in [1.807, 2.05) is 27.8 Å². The van der Waals surface area contributed by atoms with Gasteiger partial charge in [-0.1, -0.05) is 6.08 Å². The summed E-state index contributed by atoms with van der Waals surface area (Å²) in [5.74, 6) is 0. The summed E-state index contributed by atoms with van der Waals surface area (Å²) >= 11 is 0. The standard InChI is InChI=1S/C18H32BNO4/c1-16(2,3)22-15(21)20(8)14-11-9-13(10-12-14)19-23-17(4,5)18(6,7)24-19/h9,14H,10-12H2,1-8H3. The van der Waals surface area contributed by atoms with E-state index in [9.17, 15) is 4.79 Å². The highest BCUT2D eigenvalue weighted by Crippen LogP contribution is 2.40. The van der Waals surface area contributed by atoms with Gasteiger partial charge >= 0.3 is 13.2 Å². The average Bonchev–Trinajstić information content (AvgIpc) is 2.65. The fraction of sp³-hybridized carbons (Fsp3) is 0.833. The van der Waals surface area contributed by atoms with E-state index in [4.69, 9.17) is 14.0 Å². The molecule has 0 N–H and O–H groups in total. The van der Waals surface area contributed by atoms with Crippen molar-refractivity contribution in [3.63, 3.8) is 0 Å². The molecule has 0 bridgehead atoms. The lowest BCUT2D eigenvalue weighted by Crippen LogP contribution is -2.42. The molecule has 6 heteroatoms. The van der Waals surface area contributed by atoms with Crippen LogP contribution in [0.15, 0.2) is 11.5 Å². The van der Waals surface area contributed by atoms with E-state index in [0.29, 0.717) is 0 Å². The Bertz CT molecular complexity index is 506. The van der Waals surface area contributed by atoms with Crippen LogP contribution in [0.4, 0.5) is 4.79 Å². The molecule has 0 saturated carbocycles. The Morgan fingerprint density at radius 3 is 2.21 bits per heavy atom. The molecule has 0 radical (unpaired) electrons. The van der Waals surface area contributed by atoms with Crippen LogP contribution in [-0.4, -0.2) is 48.0 Å². The third kappa shape index (κ3) is 4.15. The number of rotatable bonds is 2. The maximum Gasteiger partial charge on any atom is 0.490 e. The second kappa shape index (κ2) is 6.38. The highest BCUT2D eigenvalue weighted by molar-refractivity contribution is 6.54. The Kier molecular flexibility index (Phi) is 5.13. The molecule has 1 unspecified atom stereocenters. The van der Waals surface area contributed by atoms with Crippen LogP contribution in [0, 0.1) is 0 Å². The van der Waals surface area contributed by atoms with Crippen molar-refractivity contribution < 1.29 is 18.8 Å². The average molecular weight is 337 g/mol. The number of carbonyl (C=O) groups is 1. The summed E-state index contributed by atoms with van der Waals surface area (Å²) in [4.78, 5) is 13.9. The first-order chi connectivity index (χ1) is 10.8. The molecule has 1 amide bonds. The predicted octanol–water partition coefficient (Wildman–Crippen LogP) is 3.96. The summed E-state index contributed by atoms with van der Waals surface area (Å²) < 4.78 is 17.7. The van der Waals surface area contributed by atoms with E-state index < -0.39 is 5.60 Å². The van der Waals surface area contributed by atoms with Crippen molar-refractivity contribution in [2.45, 2.75) is 90.6 Å². The van der Waals surface area contributed by atoms with Gasteiger partial charge in [0.05, 0.1) is 11.2 Å². The molecule has 0 aromatic carbocycles. The summed E-state index contributed by atoms with van der Waals surface area (Å²) in [5.41, 5.74) is 0.0807. The van der Waals surface area contributed by atoms with E-state index in [-0.39, 0.29) is 30.5 Å². The summed E-state index contributed by atoms with van der Waals surface area (Å²) in [7, 11) is 1.54. The maximum absolute atomic E-state index is 12.2. The monoisotopic (exact) mass is 337 g/mol. The molecule has 1 atom stereocenters. The third-order valence-electron chi connectivity index (χ3n) is 5.20. The van der Waals surface area contributed by atoms with E-state index in [2.05, 4.69) is 33.8 Å². The molecule has 2 rings (SSSR count). The molecule has 1 saturated heterocycles. The largest absolute Gasteiger partial charge is 0.490 e. The SMILES string of the molecule is CN(C(=O)OC(C)(C)C)C1CC=C(B2OC(C)(C)C(C)(C)O2)CC1. The normalized spacial score (nSPS) is 26.1. The Morgan fingerprint density at radius 1 is 1.25 bits per heavy atom. The number of nitrogens with zero attached hydrogens (tertiary/aromatic N) is 1. The lowest BCUT2D eigenvalue weighted by atomic mass is 9.71. The first-order valence-electron chi connectivity index (χ1n) is 8.83. The van der Waals surface area contributed by atoms with Crippen molar-refractivity contribution in [2.75, 3.05) is 7.05 Å². The fourth-order valence-electron chi connectivity index (χ4n) is 2.88. The van der Waals surface area contributed by atoms with Crippen LogP contribution in [0.1, 0.15) is 67.7 Å². The third-order valence-corrected chi connectivity index (χ3v) is 5.20. The minimum atomic E-state index is -0.469. The lowest BCUT2D eigenvalue weighted by Gasteiger charge is -2.32. The van der Waals surface area contributed by atoms with E-state index in [1.165, 1.54) is 5.47 Å². The highest BCUT2D eigenvalue weighted by Gasteiger charge is 2.52. The van der Waals surface area contributed by atoms with Gasteiger partial charge in [0.15, 0.2) is 0 Å². The molecule has 0 aromatic heterocycles. The van der Waals surface area contributed by atoms with Gasteiger partial charge in [-0.3, -0.25) is 0 Å². The Hall–Kier alpha value is -1.01. The summed E-state index contributed by atoms with van der Waals surface area (Å²) in [6.07, 6.45) is 4.46. The zero-order chi connectivity index (χ0) is 18.3. The molecule has 1 fully saturated rings. The lowest BCUT2D eigenvalue weighted by molar-refractivity contribution is 0.00578. The first kappa shape index (κ1) is 19.3. The first-order valence-corrected chi connectivity index (χ1v) is 8.83. The van der Waals surface area contributed by atoms with Gasteiger partial charge in [0, 0.05) is 13.1 Å². The maximum atomic E-state index is 12.2. The minimum Gasteiger partial charge on any atom is -0.444 e. The van der Waals surface area contributed by atoms with Crippen LogP contribution in [-0.2, 0) is 14.0 Å². The molecular weight excluding hydrogens is 305 g/mol. The Labute approximate surface area is 146 Å². The smallest absolute Gasteiger partial charge is 0.444 e. The summed E-state index contributed by atoms with van der Waals surface area (Å²) in [6.45, 7) is 13.9. The molecule has 24 heavy (non-hydrogen) atoms. The minimum absolute atomic E-state index is 0.158. The van der Waals surface area contributed by atoms with Crippen LogP contribution < -0.4 is 0 Å². The second-order valence-corrected chi connectivity index (χ2v) is 8.89. The van der Waals surface area contributed by atoms with Crippen molar-refractivity contribution in [2.24, 2.45) is 0 Å². The second-order valence-electron chi connectivity index (χ2n) is 8.89. The van der Waals surface area contributed by atoms with Gasteiger partial charge in [-0.15, -0.1) is 0 Å². The Balaban J connectivity index is 1.96. The van der Waals surface area contributed by atoms with Crippen molar-refractivity contribution in [1.82, 2.24) is 4.90 Å². The molecule has 1 aliphatic carbocycles. The molecule has 0 spiro atoms. The molecule has 5 nitrogen and oxygen atoms in total. The topological polar surface area (TPSA) is 48.0 Å². The van der Waals surface area contributed by atoms with Crippen LogP contribution in [0.2, 0.25) is 0 Å². The number of allylic oxidation sites excluding steroid dienone is 1. The van der Waals surface area contributed by atoms with Crippen LogP contribution in [0.3, 0.4) is 0 Å². The van der Waals surface area contributed by atoms with Crippen molar-refractivity contribution in [3.8, 4) is 0 Å². The summed E-state index contributed by atoms with van der Waals surface area (Å²) in [6, 6.07) is 0.158. The zero-order valence-electron chi connectivity index (χ0n) is 16.4. The van der Waals surface area contributed by atoms with E-state index in [1.54, 1.807) is 4.90 Å². The van der Waals surface area contributed by atoms with Gasteiger partial charge in [-0.2, -0.15) is 0 Å². The quantitative estimate of drug-likeness (QED) is 0.716. The van der Waals surface area contributed by atoms with Crippen molar-refractivity contribution >= 4 is 13.2 Å². The van der Waals surface area contributed by atoms with Crippen molar-refractivity contribution in [1.29, 1.82) is 0 Å². The number of hydrogen-bond donors (Lipinski definition) is 0. The van der Waals surface area contributed by atoms with Crippen LogP contribution in [0.5, 0.6) is 0 Å². The molecule has 136 valence electrons. The highest BCUT2D eigenvalue weighted by atomic mass is 16.7. The van der Waals surface area contributed by atoms with E-state index in [0.717, 1.165) is 19.3 Å². The molecule has 1 heterocycles. The van der Waals surface area contributed by atoms with Gasteiger partial charge in [0.25, 0.3) is 0 Å². The molecule has 1 aliphatic heterocycles. The zero-order valence-corrected chi connectivity index (χ0v) is 16.4. The number of hydrogen-bond acceptors (Lipinski definition) is 4. The summed E-state index contributed by atoms with van der Waals surface area (Å²) in [5, 5.41) is 0. The number of carbonyl (C=O) groups excluding carboxylic acids is 1. The van der Waals surface area contributed by atoms with Crippen LogP contribution in [0.25, 0.3) is 0 Å². The fourth-order valence-corrected chi connectivity index (χ4v) is 2.88. The van der Waals surface area contributed by atoms with Gasteiger partial charge in [-0.05, 0) is 73.2 Å². The van der Waals surface area contributed by atoms with Gasteiger partial charge in [-0.25, -0.2) is 4.79 Å². The van der Waals surface area contributed by atoms with Gasteiger partial charge < -0.3 is 18.9 Å². The van der Waals surface area contributed by atoms with Gasteiger partial charge in [0.1, 0.15) is 5.60 Å². The van der Waals surface area contributed by atoms with Crippen molar-refractivity contribution in [3.05, 3.63) is 11.5 Å². The number of amides is 1. The van der Waals surface area contributed by atoms with E-state index >= 15 is 0 Å².